The predicted molar refractivity (Wildman–Crippen MR) is 201 cm³/mol. The average Bonchev–Trinajstić information content (AvgIpc) is 3.17. The van der Waals surface area contributed by atoms with E-state index in [2.05, 4.69) is 26.8 Å². The van der Waals surface area contributed by atoms with Crippen molar-refractivity contribution in [3.05, 3.63) is 11.6 Å². The summed E-state index contributed by atoms with van der Waals surface area (Å²) in [5.41, 5.74) is -4.16. The third kappa shape index (κ3) is 6.13. The zero-order chi connectivity index (χ0) is 42.7. The van der Waals surface area contributed by atoms with E-state index in [9.17, 15) is 60.7 Å². The molecule has 7 rings (SSSR count). The molecule has 330 valence electrons. The number of ether oxygens (including phenoxy) is 4. The highest BCUT2D eigenvalue weighted by Gasteiger charge is 2.73. The zero-order valence-electron chi connectivity index (χ0n) is 34.4. The molecule has 0 spiro atoms. The second kappa shape index (κ2) is 14.9. The molecule has 0 bridgehead atoms. The van der Waals surface area contributed by atoms with Crippen molar-refractivity contribution in [3.8, 4) is 0 Å². The van der Waals surface area contributed by atoms with Gasteiger partial charge in [0, 0.05) is 5.92 Å². The van der Waals surface area contributed by atoms with Crippen LogP contribution in [0.3, 0.4) is 0 Å². The first-order valence-corrected chi connectivity index (χ1v) is 21.1. The number of carboxylic acids is 1. The first kappa shape index (κ1) is 44.3. The summed E-state index contributed by atoms with van der Waals surface area (Å²) in [6.07, 6.45) is -10.6. The Morgan fingerprint density at radius 3 is 2.02 bits per heavy atom. The van der Waals surface area contributed by atoms with E-state index in [1.54, 1.807) is 13.8 Å². The zero-order valence-corrected chi connectivity index (χ0v) is 34.4. The third-order valence-electron chi connectivity index (χ3n) is 17.7. The molecule has 0 amide bonds. The summed E-state index contributed by atoms with van der Waals surface area (Å²) >= 11 is 0. The fourth-order valence-corrected chi connectivity index (χ4v) is 13.6. The van der Waals surface area contributed by atoms with Gasteiger partial charge < -0.3 is 70.0 Å². The lowest BCUT2D eigenvalue weighted by Gasteiger charge is -2.71. The Morgan fingerprint density at radius 1 is 0.759 bits per heavy atom. The van der Waals surface area contributed by atoms with Gasteiger partial charge in [0.2, 0.25) is 6.29 Å². The highest BCUT2D eigenvalue weighted by molar-refractivity contribution is 5.79. The highest BCUT2D eigenvalue weighted by Crippen LogP contribution is 2.76. The summed E-state index contributed by atoms with van der Waals surface area (Å²) in [4.78, 5) is 27.7. The van der Waals surface area contributed by atoms with Crippen LogP contribution in [0.15, 0.2) is 11.6 Å². The summed E-state index contributed by atoms with van der Waals surface area (Å²) in [6.45, 7) is 10.8. The van der Waals surface area contributed by atoms with E-state index in [-0.39, 0.29) is 28.6 Å². The summed E-state index contributed by atoms with van der Waals surface area (Å²) in [5.74, 6) is -2.77. The van der Waals surface area contributed by atoms with Gasteiger partial charge >= 0.3 is 11.9 Å². The van der Waals surface area contributed by atoms with Crippen LogP contribution in [0.1, 0.15) is 99.3 Å². The minimum Gasteiger partial charge on any atom is -0.481 e. The maximum absolute atomic E-state index is 14.9. The molecule has 16 nitrogen and oxygen atoms in total. The van der Waals surface area contributed by atoms with Crippen LogP contribution in [-0.2, 0) is 28.5 Å². The number of carboxylic acid groups (broad SMARTS) is 1. The van der Waals surface area contributed by atoms with Crippen molar-refractivity contribution < 1.29 is 79.6 Å². The number of fused-ring (bicyclic) bond motifs is 7. The quantitative estimate of drug-likeness (QED) is 0.123. The molecule has 21 atom stereocenters. The molecule has 0 aromatic carbocycles. The maximum atomic E-state index is 14.9. The lowest BCUT2D eigenvalue weighted by atomic mass is 9.33. The maximum Gasteiger partial charge on any atom is 0.315 e. The Hall–Kier alpha value is -1.80. The first-order chi connectivity index (χ1) is 27.0. The fourth-order valence-electron chi connectivity index (χ4n) is 13.6. The molecule has 7 aliphatic rings. The van der Waals surface area contributed by atoms with Crippen LogP contribution >= 0.6 is 0 Å². The number of aliphatic hydroxyl groups is 9. The Balaban J connectivity index is 1.16. The summed E-state index contributed by atoms with van der Waals surface area (Å²) in [5, 5.41) is 107. The third-order valence-corrected chi connectivity index (χ3v) is 17.7. The van der Waals surface area contributed by atoms with Crippen molar-refractivity contribution in [2.75, 3.05) is 13.2 Å². The predicted octanol–water partition coefficient (Wildman–Crippen LogP) is 0.352. The van der Waals surface area contributed by atoms with Gasteiger partial charge in [-0.15, -0.1) is 0 Å². The molecule has 2 aliphatic heterocycles. The van der Waals surface area contributed by atoms with Gasteiger partial charge in [0.1, 0.15) is 48.8 Å². The lowest BCUT2D eigenvalue weighted by Crippen LogP contribution is -2.69. The summed E-state index contributed by atoms with van der Waals surface area (Å²) < 4.78 is 22.8. The second-order valence-corrected chi connectivity index (χ2v) is 20.1. The minimum atomic E-state index is -1.87. The molecule has 0 aromatic heterocycles. The van der Waals surface area contributed by atoms with Crippen LogP contribution in [0, 0.1) is 50.7 Å². The second-order valence-electron chi connectivity index (χ2n) is 20.1. The lowest BCUT2D eigenvalue weighted by molar-refractivity contribution is -0.329. The van der Waals surface area contributed by atoms with Crippen molar-refractivity contribution in [2.45, 2.75) is 172 Å². The van der Waals surface area contributed by atoms with Crippen molar-refractivity contribution in [3.63, 3.8) is 0 Å². The minimum absolute atomic E-state index is 0.0740. The van der Waals surface area contributed by atoms with Gasteiger partial charge in [0.15, 0.2) is 6.29 Å². The molecule has 5 aliphatic carbocycles. The van der Waals surface area contributed by atoms with Crippen LogP contribution in [-0.4, -0.2) is 149 Å². The fraction of sp³-hybridized carbons (Fsp3) is 0.905. The van der Waals surface area contributed by atoms with E-state index in [0.717, 1.165) is 5.57 Å². The van der Waals surface area contributed by atoms with Gasteiger partial charge in [0.05, 0.1) is 35.7 Å². The largest absolute Gasteiger partial charge is 0.481 e. The van der Waals surface area contributed by atoms with Gasteiger partial charge in [-0.1, -0.05) is 39.3 Å². The van der Waals surface area contributed by atoms with Crippen LogP contribution in [0.5, 0.6) is 0 Å². The van der Waals surface area contributed by atoms with Crippen LogP contribution in [0.2, 0.25) is 0 Å². The Labute approximate surface area is 339 Å². The van der Waals surface area contributed by atoms with E-state index >= 15 is 0 Å². The van der Waals surface area contributed by atoms with E-state index in [1.165, 1.54) is 0 Å². The number of carbonyl (C=O) groups excluding carboxylic acids is 1. The van der Waals surface area contributed by atoms with E-state index in [1.807, 2.05) is 6.92 Å². The topological polar surface area (TPSA) is 273 Å². The number of aliphatic hydroxyl groups excluding tert-OH is 8. The van der Waals surface area contributed by atoms with Gasteiger partial charge in [0.25, 0.3) is 0 Å². The monoisotopic (exact) mass is 826 g/mol. The Bertz CT molecular complexity index is 1620. The number of allylic oxidation sites excluding steroid dienone is 1. The van der Waals surface area contributed by atoms with Crippen molar-refractivity contribution >= 4 is 11.9 Å². The number of esters is 1. The summed E-state index contributed by atoms with van der Waals surface area (Å²) in [6, 6.07) is 0. The van der Waals surface area contributed by atoms with Gasteiger partial charge in [-0.05, 0) is 106 Å². The Kier molecular flexibility index (Phi) is 11.4. The standard InChI is InChI=1S/C42H66O16/c1-19-9-14-42(36(53)58-34-31(50)29(48)27(46)22(57-34)18-55-33-30(49)28(47)26(45)21(17-43)56-33)16-15-38(3)20(32(42)41(19,6)54)7-8-23-37(2)12-11-25(44)40(5,35(51)52)24(37)10-13-39(23,38)4/h7,19,21-34,43-50,54H,8-18H2,1-6H3,(H,51,52). The van der Waals surface area contributed by atoms with Gasteiger partial charge in [-0.25, -0.2) is 0 Å². The first-order valence-electron chi connectivity index (χ1n) is 21.1. The molecule has 58 heavy (non-hydrogen) atoms. The molecular weight excluding hydrogens is 760 g/mol. The van der Waals surface area contributed by atoms with Gasteiger partial charge in [-0.3, -0.25) is 9.59 Å². The average molecular weight is 827 g/mol. The molecule has 16 heteroatoms. The van der Waals surface area contributed by atoms with E-state index in [4.69, 9.17) is 18.9 Å². The number of hydrogen-bond donors (Lipinski definition) is 10. The number of carbonyl (C=O) groups is 2. The van der Waals surface area contributed by atoms with E-state index < -0.39 is 120 Å². The smallest absolute Gasteiger partial charge is 0.315 e. The van der Waals surface area contributed by atoms with Gasteiger partial charge in [-0.2, -0.15) is 0 Å². The van der Waals surface area contributed by atoms with E-state index in [0.29, 0.717) is 57.8 Å². The number of aliphatic carboxylic acids is 1. The molecule has 10 N–H and O–H groups in total. The Morgan fingerprint density at radius 2 is 1.38 bits per heavy atom. The molecule has 6 fully saturated rings. The molecule has 2 saturated heterocycles. The van der Waals surface area contributed by atoms with Crippen LogP contribution in [0.4, 0.5) is 0 Å². The normalized spacial score (nSPS) is 55.5. The van der Waals surface area contributed by atoms with Crippen LogP contribution < -0.4 is 0 Å². The molecule has 21 unspecified atom stereocenters. The molecular formula is C42H66O16. The molecule has 4 saturated carbocycles. The molecule has 0 aromatic rings. The molecule has 2 heterocycles. The SMILES string of the molecule is CC1CCC2(C(=O)OC3OC(COC4OC(CO)C(O)C(O)C4O)C(O)C(O)C3O)CCC3(C)C(=CCC4C5(C)CCC(O)C(C)(C(=O)O)C5CCC43C)C2C1(C)O. The highest BCUT2D eigenvalue weighted by atomic mass is 16.7. The number of rotatable bonds is 7. The van der Waals surface area contributed by atoms with Crippen molar-refractivity contribution in [2.24, 2.45) is 50.7 Å². The molecule has 0 radical (unpaired) electrons. The van der Waals surface area contributed by atoms with Crippen molar-refractivity contribution in [1.82, 2.24) is 0 Å². The van der Waals surface area contributed by atoms with Crippen LogP contribution in [0.25, 0.3) is 0 Å². The summed E-state index contributed by atoms with van der Waals surface area (Å²) in [7, 11) is 0. The van der Waals surface area contributed by atoms with Crippen molar-refractivity contribution in [1.29, 1.82) is 0 Å². The number of hydrogen-bond acceptors (Lipinski definition) is 15.